The van der Waals surface area contributed by atoms with Crippen LogP contribution in [0.3, 0.4) is 0 Å². The molecule has 3 rings (SSSR count). The number of rotatable bonds is 7. The fourth-order valence-electron chi connectivity index (χ4n) is 3.25. The number of hydrogen-bond donors (Lipinski definition) is 2. The molecule has 0 spiro atoms. The second-order valence-electron chi connectivity index (χ2n) is 6.92. The number of carbonyl (C=O) groups excluding carboxylic acids is 1. The molecule has 0 bridgehead atoms. The number of carbonyl (C=O) groups is 1. The van der Waals surface area contributed by atoms with Crippen molar-refractivity contribution >= 4 is 33.3 Å². The second kappa shape index (κ2) is 10.7. The predicted octanol–water partition coefficient (Wildman–Crippen LogP) is 3.59. The van der Waals surface area contributed by atoms with Crippen molar-refractivity contribution in [1.29, 1.82) is 0 Å². The largest absolute Gasteiger partial charge is 0.357 e. The number of nitrogens with one attached hydrogen (secondary N) is 2. The average molecular weight is 413 g/mol. The highest BCUT2D eigenvalue weighted by Gasteiger charge is 2.21. The Kier molecular flexibility index (Phi) is 7.75. The van der Waals surface area contributed by atoms with Crippen LogP contribution in [0.4, 0.5) is 10.3 Å². The molecule has 0 radical (unpaired) electrons. The Morgan fingerprint density at radius 2 is 1.97 bits per heavy atom. The zero-order valence-electron chi connectivity index (χ0n) is 17.0. The number of allylic oxidation sites excluding steroid dienone is 1. The van der Waals surface area contributed by atoms with Crippen molar-refractivity contribution in [2.24, 2.45) is 4.99 Å². The number of aliphatic imine (C=N–C) groups is 1. The van der Waals surface area contributed by atoms with Crippen molar-refractivity contribution in [1.82, 2.24) is 15.1 Å². The molecular weight excluding hydrogens is 384 g/mol. The van der Waals surface area contributed by atoms with Crippen LogP contribution in [0.25, 0.3) is 0 Å². The van der Waals surface area contributed by atoms with E-state index in [2.05, 4.69) is 49.8 Å². The molecule has 1 aromatic carbocycles. The van der Waals surface area contributed by atoms with Gasteiger partial charge in [0.25, 0.3) is 0 Å². The lowest BCUT2D eigenvalue weighted by Crippen LogP contribution is -2.41. The maximum absolute atomic E-state index is 12.2. The summed E-state index contributed by atoms with van der Waals surface area (Å²) < 4.78 is 0. The third kappa shape index (κ3) is 6.39. The van der Waals surface area contributed by atoms with Crippen LogP contribution < -0.4 is 10.6 Å². The standard InChI is InChI=1S/C21H28N6OS/c1-3-4-10-18(22-2)27-13-11-17(12-14-27)23-20-25-26-21(29-20)24-19(28)15-16-8-6-5-7-9-16/h4-10,17H,3,11-15H2,1-2H3,(H,23,25)(H,24,26,28)/b10-4-,22-18+. The highest BCUT2D eigenvalue weighted by Crippen LogP contribution is 2.23. The Bertz CT molecular complexity index is 840. The molecule has 0 atom stereocenters. The van der Waals surface area contributed by atoms with Crippen LogP contribution in [0.1, 0.15) is 31.7 Å². The minimum absolute atomic E-state index is 0.0845. The van der Waals surface area contributed by atoms with Crippen LogP contribution >= 0.6 is 11.3 Å². The van der Waals surface area contributed by atoms with Crippen molar-refractivity contribution in [2.75, 3.05) is 30.8 Å². The quantitative estimate of drug-likeness (QED) is 0.536. The van der Waals surface area contributed by atoms with E-state index >= 15 is 0 Å². The van der Waals surface area contributed by atoms with E-state index < -0.39 is 0 Å². The van der Waals surface area contributed by atoms with Gasteiger partial charge in [0.15, 0.2) is 0 Å². The van der Waals surface area contributed by atoms with Crippen LogP contribution in [-0.4, -0.2) is 53.0 Å². The summed E-state index contributed by atoms with van der Waals surface area (Å²) in [7, 11) is 1.84. The Hall–Kier alpha value is -2.74. The van der Waals surface area contributed by atoms with E-state index in [1.807, 2.05) is 37.4 Å². The summed E-state index contributed by atoms with van der Waals surface area (Å²) >= 11 is 1.37. The lowest BCUT2D eigenvalue weighted by Gasteiger charge is -2.33. The summed E-state index contributed by atoms with van der Waals surface area (Å²) in [5.74, 6) is 0.961. The maximum Gasteiger partial charge on any atom is 0.230 e. The van der Waals surface area contributed by atoms with Crippen molar-refractivity contribution < 1.29 is 4.79 Å². The molecule has 1 fully saturated rings. The Morgan fingerprint density at radius 1 is 1.24 bits per heavy atom. The van der Waals surface area contributed by atoms with Gasteiger partial charge < -0.3 is 15.5 Å². The molecule has 29 heavy (non-hydrogen) atoms. The first-order valence-electron chi connectivity index (χ1n) is 10.00. The zero-order valence-corrected chi connectivity index (χ0v) is 17.8. The van der Waals surface area contributed by atoms with Gasteiger partial charge in [0, 0.05) is 26.2 Å². The topological polar surface area (TPSA) is 82.5 Å². The number of anilines is 2. The molecular formula is C21H28N6OS. The number of amidine groups is 1. The smallest absolute Gasteiger partial charge is 0.230 e. The molecule has 0 saturated carbocycles. The summed E-state index contributed by atoms with van der Waals surface area (Å²) in [4.78, 5) is 18.9. The van der Waals surface area contributed by atoms with Crippen LogP contribution in [0, 0.1) is 0 Å². The predicted molar refractivity (Wildman–Crippen MR) is 120 cm³/mol. The van der Waals surface area contributed by atoms with Crippen molar-refractivity contribution in [3.63, 3.8) is 0 Å². The van der Waals surface area contributed by atoms with Gasteiger partial charge in [0.05, 0.1) is 6.42 Å². The molecule has 1 aromatic heterocycles. The number of likely N-dealkylation sites (tertiary alicyclic amines) is 1. The van der Waals surface area contributed by atoms with Crippen LogP contribution in [0.5, 0.6) is 0 Å². The second-order valence-corrected chi connectivity index (χ2v) is 7.90. The summed E-state index contributed by atoms with van der Waals surface area (Å²) in [5, 5.41) is 15.8. The number of benzene rings is 1. The van der Waals surface area contributed by atoms with Gasteiger partial charge in [-0.15, -0.1) is 10.2 Å². The first kappa shape index (κ1) is 21.0. The van der Waals surface area contributed by atoms with E-state index in [4.69, 9.17) is 0 Å². The van der Waals surface area contributed by atoms with E-state index in [1.54, 1.807) is 0 Å². The van der Waals surface area contributed by atoms with Gasteiger partial charge in [0.2, 0.25) is 16.2 Å². The maximum atomic E-state index is 12.2. The molecule has 7 nitrogen and oxygen atoms in total. The summed E-state index contributed by atoms with van der Waals surface area (Å²) in [5.41, 5.74) is 0.975. The Morgan fingerprint density at radius 3 is 2.66 bits per heavy atom. The molecule has 1 aliphatic heterocycles. The lowest BCUT2D eigenvalue weighted by molar-refractivity contribution is -0.115. The van der Waals surface area contributed by atoms with Crippen LogP contribution in [0.2, 0.25) is 0 Å². The third-order valence-electron chi connectivity index (χ3n) is 4.76. The summed E-state index contributed by atoms with van der Waals surface area (Å²) in [6.07, 6.45) is 7.60. The molecule has 1 aliphatic rings. The van der Waals surface area contributed by atoms with Crippen molar-refractivity contribution in [3.05, 3.63) is 48.0 Å². The fraction of sp³-hybridized carbons (Fsp3) is 0.429. The molecule has 2 heterocycles. The first-order valence-corrected chi connectivity index (χ1v) is 10.8. The van der Waals surface area contributed by atoms with Gasteiger partial charge in [0.1, 0.15) is 5.84 Å². The van der Waals surface area contributed by atoms with E-state index in [-0.39, 0.29) is 5.91 Å². The summed E-state index contributed by atoms with van der Waals surface area (Å²) in [6, 6.07) is 10.0. The Balaban J connectivity index is 1.46. The van der Waals surface area contributed by atoms with Crippen LogP contribution in [-0.2, 0) is 11.2 Å². The SMILES string of the molecule is CC/C=C\C(=N/C)N1CCC(Nc2nnc(NC(=O)Cc3ccccc3)s2)CC1. The van der Waals surface area contributed by atoms with E-state index in [9.17, 15) is 4.79 Å². The molecule has 1 saturated heterocycles. The molecule has 154 valence electrons. The highest BCUT2D eigenvalue weighted by molar-refractivity contribution is 7.19. The number of aromatic nitrogens is 2. The Labute approximate surface area is 176 Å². The van der Waals surface area contributed by atoms with E-state index in [1.165, 1.54) is 11.3 Å². The minimum atomic E-state index is -0.0845. The number of piperidine rings is 1. The zero-order chi connectivity index (χ0) is 20.5. The van der Waals surface area contributed by atoms with Crippen molar-refractivity contribution in [2.45, 2.75) is 38.6 Å². The van der Waals surface area contributed by atoms with Gasteiger partial charge in [-0.2, -0.15) is 0 Å². The normalized spacial score (nSPS) is 15.7. The van der Waals surface area contributed by atoms with E-state index in [0.717, 1.165) is 48.9 Å². The lowest BCUT2D eigenvalue weighted by atomic mass is 10.1. The monoisotopic (exact) mass is 412 g/mol. The number of nitrogens with zero attached hydrogens (tertiary/aromatic N) is 4. The molecule has 8 heteroatoms. The fourth-order valence-corrected chi connectivity index (χ4v) is 3.99. The first-order chi connectivity index (χ1) is 14.2. The van der Waals surface area contributed by atoms with Gasteiger partial charge in [-0.05, 0) is 30.9 Å². The van der Waals surface area contributed by atoms with Gasteiger partial charge in [-0.3, -0.25) is 9.79 Å². The molecule has 1 amide bonds. The van der Waals surface area contributed by atoms with Gasteiger partial charge >= 0.3 is 0 Å². The number of amides is 1. The molecule has 2 N–H and O–H groups in total. The highest BCUT2D eigenvalue weighted by atomic mass is 32.1. The molecule has 0 unspecified atom stereocenters. The van der Waals surface area contributed by atoms with E-state index in [0.29, 0.717) is 17.6 Å². The van der Waals surface area contributed by atoms with Gasteiger partial charge in [-0.1, -0.05) is 54.7 Å². The van der Waals surface area contributed by atoms with Crippen molar-refractivity contribution in [3.8, 4) is 0 Å². The summed E-state index contributed by atoms with van der Waals surface area (Å²) in [6.45, 7) is 4.04. The minimum Gasteiger partial charge on any atom is -0.357 e. The van der Waals surface area contributed by atoms with Gasteiger partial charge in [-0.25, -0.2) is 0 Å². The number of hydrogen-bond acceptors (Lipinski definition) is 6. The molecule has 2 aromatic rings. The molecule has 0 aliphatic carbocycles. The average Bonchev–Trinajstić information content (AvgIpc) is 3.17. The third-order valence-corrected chi connectivity index (χ3v) is 5.53. The van der Waals surface area contributed by atoms with Crippen LogP contribution in [0.15, 0.2) is 47.5 Å².